The summed E-state index contributed by atoms with van der Waals surface area (Å²) in [4.78, 5) is 27.4. The van der Waals surface area contributed by atoms with Crippen molar-refractivity contribution in [2.45, 2.75) is 32.2 Å². The number of fused-ring (bicyclic) bond motifs is 1. The number of hydrogen-bond donors (Lipinski definition) is 2. The number of aliphatic hydroxyl groups is 1. The molecule has 1 atom stereocenters. The lowest BCUT2D eigenvalue weighted by Crippen LogP contribution is -2.53. The number of para-hydroxylation sites is 1. The number of halogens is 3. The first kappa shape index (κ1) is 22.5. The summed E-state index contributed by atoms with van der Waals surface area (Å²) < 4.78 is 40.6. The number of carbonyl (C=O) groups excluding carboxylic acids is 2. The maximum Gasteiger partial charge on any atom is 0.416 e. The third-order valence-corrected chi connectivity index (χ3v) is 5.49. The van der Waals surface area contributed by atoms with E-state index < -0.39 is 29.6 Å². The van der Waals surface area contributed by atoms with Gasteiger partial charge in [-0.3, -0.25) is 14.5 Å². The van der Waals surface area contributed by atoms with Gasteiger partial charge in [-0.2, -0.15) is 18.3 Å². The monoisotopic (exact) mass is 458 g/mol. The van der Waals surface area contributed by atoms with E-state index in [1.54, 1.807) is 11.6 Å². The summed E-state index contributed by atoms with van der Waals surface area (Å²) in [6.45, 7) is 1.66. The van der Waals surface area contributed by atoms with Crippen LogP contribution in [0, 0.1) is 0 Å². The van der Waals surface area contributed by atoms with Crippen LogP contribution in [-0.4, -0.2) is 39.3 Å². The maximum absolute atomic E-state index is 13.2. The van der Waals surface area contributed by atoms with Gasteiger partial charge in [-0.15, -0.1) is 0 Å². The van der Waals surface area contributed by atoms with Crippen LogP contribution in [0.3, 0.4) is 0 Å². The fraction of sp³-hybridized carbons (Fsp3) is 0.261. The molecular formula is C23H21F3N4O3. The van der Waals surface area contributed by atoms with E-state index in [9.17, 15) is 27.9 Å². The molecule has 0 aliphatic carbocycles. The fourth-order valence-electron chi connectivity index (χ4n) is 3.93. The molecule has 1 aliphatic heterocycles. The van der Waals surface area contributed by atoms with Gasteiger partial charge in [0, 0.05) is 24.1 Å². The summed E-state index contributed by atoms with van der Waals surface area (Å²) in [6.07, 6.45) is -4.54. The molecule has 0 bridgehead atoms. The van der Waals surface area contributed by atoms with Gasteiger partial charge in [-0.25, -0.2) is 4.68 Å². The highest BCUT2D eigenvalue weighted by atomic mass is 19.4. The minimum absolute atomic E-state index is 0.0537. The van der Waals surface area contributed by atoms with Crippen LogP contribution in [0.5, 0.6) is 0 Å². The molecule has 7 nitrogen and oxygen atoms in total. The highest BCUT2D eigenvalue weighted by molar-refractivity contribution is 6.04. The average molecular weight is 458 g/mol. The van der Waals surface area contributed by atoms with Gasteiger partial charge >= 0.3 is 6.18 Å². The second-order valence-corrected chi connectivity index (χ2v) is 7.55. The first-order valence-electron chi connectivity index (χ1n) is 10.3. The third-order valence-electron chi connectivity index (χ3n) is 5.49. The zero-order valence-corrected chi connectivity index (χ0v) is 17.6. The summed E-state index contributed by atoms with van der Waals surface area (Å²) in [7, 11) is 0. The number of nitrogens with one attached hydrogen (secondary N) is 1. The van der Waals surface area contributed by atoms with Gasteiger partial charge in [-0.05, 0) is 37.3 Å². The van der Waals surface area contributed by atoms with Crippen molar-refractivity contribution in [2.24, 2.45) is 0 Å². The van der Waals surface area contributed by atoms with Crippen LogP contribution in [0.25, 0.3) is 5.69 Å². The smallest absolute Gasteiger partial charge is 0.390 e. The Bertz CT molecular complexity index is 1190. The van der Waals surface area contributed by atoms with Gasteiger partial charge < -0.3 is 10.4 Å². The zero-order valence-electron chi connectivity index (χ0n) is 17.6. The minimum atomic E-state index is -4.59. The Hall–Kier alpha value is -3.66. The van der Waals surface area contributed by atoms with E-state index in [0.29, 0.717) is 22.8 Å². The SMILES string of the molecule is CCN1C(=O)[C@@H](NC(=O)c2cccc(C(F)(F)F)c2)Cc2c(CO)nn(-c3ccccc3)c21. The molecule has 2 N–H and O–H groups in total. The highest BCUT2D eigenvalue weighted by Crippen LogP contribution is 2.33. The van der Waals surface area contributed by atoms with Crippen LogP contribution >= 0.6 is 0 Å². The van der Waals surface area contributed by atoms with Crippen LogP contribution in [0.15, 0.2) is 54.6 Å². The molecule has 4 rings (SSSR count). The number of carbonyl (C=O) groups is 2. The lowest BCUT2D eigenvalue weighted by Gasteiger charge is -2.32. The molecule has 0 saturated heterocycles. The highest BCUT2D eigenvalue weighted by Gasteiger charge is 2.38. The number of alkyl halides is 3. The summed E-state index contributed by atoms with van der Waals surface area (Å²) in [5.74, 6) is -0.700. The molecule has 172 valence electrons. The van der Waals surface area contributed by atoms with Gasteiger partial charge in [0.15, 0.2) is 0 Å². The standard InChI is InChI=1S/C23H21F3N4O3/c1-2-29-21-17(19(13-31)28-30(21)16-9-4-3-5-10-16)12-18(22(29)33)27-20(32)14-7-6-8-15(11-14)23(24,25)26/h3-11,18,31H,2,12-13H2,1H3,(H,27,32)/t18-/m0/s1. The van der Waals surface area contributed by atoms with Crippen molar-refractivity contribution in [1.29, 1.82) is 0 Å². The number of anilines is 1. The van der Waals surface area contributed by atoms with E-state index in [4.69, 9.17) is 0 Å². The number of rotatable bonds is 5. The Kier molecular flexibility index (Phi) is 5.94. The Morgan fingerprint density at radius 3 is 2.55 bits per heavy atom. The number of hydrogen-bond acceptors (Lipinski definition) is 4. The second-order valence-electron chi connectivity index (χ2n) is 7.55. The van der Waals surface area contributed by atoms with Crippen molar-refractivity contribution in [2.75, 3.05) is 11.4 Å². The molecule has 2 amide bonds. The Morgan fingerprint density at radius 2 is 1.91 bits per heavy atom. The van der Waals surface area contributed by atoms with Gasteiger partial charge in [0.25, 0.3) is 11.8 Å². The van der Waals surface area contributed by atoms with Crippen molar-refractivity contribution in [3.8, 4) is 5.69 Å². The summed E-state index contributed by atoms with van der Waals surface area (Å²) >= 11 is 0. The Morgan fingerprint density at radius 1 is 1.18 bits per heavy atom. The Balaban J connectivity index is 1.67. The molecule has 0 fully saturated rings. The topological polar surface area (TPSA) is 87.5 Å². The molecule has 0 unspecified atom stereocenters. The molecule has 0 radical (unpaired) electrons. The van der Waals surface area contributed by atoms with Crippen LogP contribution in [0.2, 0.25) is 0 Å². The first-order chi connectivity index (χ1) is 15.7. The molecule has 2 aromatic carbocycles. The van der Waals surface area contributed by atoms with Crippen molar-refractivity contribution >= 4 is 17.6 Å². The van der Waals surface area contributed by atoms with Gasteiger partial charge in [0.05, 0.1) is 23.6 Å². The van der Waals surface area contributed by atoms with E-state index in [0.717, 1.165) is 18.2 Å². The third kappa shape index (κ3) is 4.21. The Labute approximate surface area is 187 Å². The van der Waals surface area contributed by atoms with Gasteiger partial charge in [0.2, 0.25) is 0 Å². The molecule has 10 heteroatoms. The molecule has 3 aromatic rings. The van der Waals surface area contributed by atoms with Crippen molar-refractivity contribution in [3.63, 3.8) is 0 Å². The molecule has 1 aromatic heterocycles. The first-order valence-corrected chi connectivity index (χ1v) is 10.3. The molecule has 1 aliphatic rings. The van der Waals surface area contributed by atoms with E-state index in [2.05, 4.69) is 10.4 Å². The second kappa shape index (κ2) is 8.70. The summed E-state index contributed by atoms with van der Waals surface area (Å²) in [6, 6.07) is 12.1. The average Bonchev–Trinajstić information content (AvgIpc) is 3.18. The van der Waals surface area contributed by atoms with E-state index in [1.807, 2.05) is 30.3 Å². The summed E-state index contributed by atoms with van der Waals surface area (Å²) in [5, 5.41) is 16.9. The predicted octanol–water partition coefficient (Wildman–Crippen LogP) is 3.09. The lowest BCUT2D eigenvalue weighted by molar-refractivity contribution is -0.137. The van der Waals surface area contributed by atoms with Crippen molar-refractivity contribution in [1.82, 2.24) is 15.1 Å². The normalized spacial score (nSPS) is 16.0. The van der Waals surface area contributed by atoms with E-state index >= 15 is 0 Å². The van der Waals surface area contributed by atoms with Crippen LogP contribution in [-0.2, 0) is 24.0 Å². The number of likely N-dealkylation sites (N-methyl/N-ethyl adjacent to an activating group) is 1. The molecule has 33 heavy (non-hydrogen) atoms. The molecular weight excluding hydrogens is 437 g/mol. The largest absolute Gasteiger partial charge is 0.416 e. The molecule has 2 heterocycles. The lowest BCUT2D eigenvalue weighted by atomic mass is 9.98. The number of amides is 2. The number of nitrogens with zero attached hydrogens (tertiary/aromatic N) is 3. The summed E-state index contributed by atoms with van der Waals surface area (Å²) in [5.41, 5.74) is 0.504. The van der Waals surface area contributed by atoms with Crippen LogP contribution in [0.4, 0.5) is 19.0 Å². The minimum Gasteiger partial charge on any atom is -0.390 e. The van der Waals surface area contributed by atoms with Crippen LogP contribution < -0.4 is 10.2 Å². The quantitative estimate of drug-likeness (QED) is 0.615. The number of aromatic nitrogens is 2. The maximum atomic E-state index is 13.2. The number of aliphatic hydroxyl groups excluding tert-OH is 1. The molecule has 0 saturated carbocycles. The zero-order chi connectivity index (χ0) is 23.8. The van der Waals surface area contributed by atoms with Crippen molar-refractivity contribution in [3.05, 3.63) is 77.0 Å². The van der Waals surface area contributed by atoms with Crippen molar-refractivity contribution < 1.29 is 27.9 Å². The van der Waals surface area contributed by atoms with Crippen LogP contribution in [0.1, 0.15) is 34.1 Å². The van der Waals surface area contributed by atoms with E-state index in [1.165, 1.54) is 11.0 Å². The van der Waals surface area contributed by atoms with E-state index in [-0.39, 0.29) is 25.1 Å². The van der Waals surface area contributed by atoms with Gasteiger partial charge in [0.1, 0.15) is 11.9 Å². The number of benzene rings is 2. The van der Waals surface area contributed by atoms with Gasteiger partial charge in [-0.1, -0.05) is 24.3 Å². The molecule has 0 spiro atoms. The fourth-order valence-corrected chi connectivity index (χ4v) is 3.93. The predicted molar refractivity (Wildman–Crippen MR) is 114 cm³/mol.